The van der Waals surface area contributed by atoms with E-state index in [0.717, 1.165) is 5.56 Å². The Morgan fingerprint density at radius 2 is 2.24 bits per heavy atom. The molecule has 1 atom stereocenters. The summed E-state index contributed by atoms with van der Waals surface area (Å²) in [6.07, 6.45) is -0.928. The molecule has 17 heavy (non-hydrogen) atoms. The van der Waals surface area contributed by atoms with Crippen LogP contribution in [0.2, 0.25) is 10.0 Å². The van der Waals surface area contributed by atoms with Gasteiger partial charge >= 0.3 is 6.09 Å². The van der Waals surface area contributed by atoms with E-state index in [2.05, 4.69) is 5.32 Å². The van der Waals surface area contributed by atoms with Gasteiger partial charge in [-0.2, -0.15) is 0 Å². The number of halogens is 2. The van der Waals surface area contributed by atoms with Crippen molar-refractivity contribution in [2.45, 2.75) is 6.04 Å². The van der Waals surface area contributed by atoms with Crippen LogP contribution in [-0.4, -0.2) is 35.7 Å². The molecule has 0 aromatic heterocycles. The van der Waals surface area contributed by atoms with E-state index in [0.29, 0.717) is 29.7 Å². The standard InChI is InChI=1S/C11H12Cl2N2O2/c12-7-1-2-8(9(13)5-7)10-6-14-3-4-15(10)11(16)17/h1-2,5,10,14H,3-4,6H2,(H,16,17). The van der Waals surface area contributed by atoms with Crippen molar-refractivity contribution in [1.29, 1.82) is 0 Å². The second kappa shape index (κ2) is 5.12. The molecule has 1 heterocycles. The average molecular weight is 275 g/mol. The Kier molecular flexibility index (Phi) is 3.76. The molecule has 1 aromatic rings. The number of carbonyl (C=O) groups is 1. The first-order valence-corrected chi connectivity index (χ1v) is 6.00. The molecule has 1 aliphatic rings. The average Bonchev–Trinajstić information content (AvgIpc) is 2.29. The summed E-state index contributed by atoms with van der Waals surface area (Å²) in [6, 6.07) is 4.87. The third-order valence-electron chi connectivity index (χ3n) is 2.81. The zero-order chi connectivity index (χ0) is 12.4. The largest absolute Gasteiger partial charge is 0.465 e. The maximum absolute atomic E-state index is 11.1. The summed E-state index contributed by atoms with van der Waals surface area (Å²) in [4.78, 5) is 12.5. The van der Waals surface area contributed by atoms with Gasteiger partial charge in [-0.3, -0.25) is 4.90 Å². The second-order valence-corrected chi connectivity index (χ2v) is 4.71. The van der Waals surface area contributed by atoms with Crippen LogP contribution in [0, 0.1) is 0 Å². The highest BCUT2D eigenvalue weighted by Gasteiger charge is 2.28. The Hall–Kier alpha value is -0.970. The number of amides is 1. The van der Waals surface area contributed by atoms with Gasteiger partial charge in [-0.25, -0.2) is 4.79 Å². The lowest BCUT2D eigenvalue weighted by atomic mass is 10.0. The number of hydrogen-bond acceptors (Lipinski definition) is 2. The van der Waals surface area contributed by atoms with Crippen molar-refractivity contribution in [3.8, 4) is 0 Å². The Morgan fingerprint density at radius 1 is 1.47 bits per heavy atom. The lowest BCUT2D eigenvalue weighted by molar-refractivity contribution is 0.112. The van der Waals surface area contributed by atoms with Gasteiger partial charge in [-0.1, -0.05) is 29.3 Å². The molecule has 1 fully saturated rings. The van der Waals surface area contributed by atoms with Gasteiger partial charge in [-0.15, -0.1) is 0 Å². The van der Waals surface area contributed by atoms with Crippen molar-refractivity contribution in [1.82, 2.24) is 10.2 Å². The lowest BCUT2D eigenvalue weighted by Crippen LogP contribution is -2.48. The Labute approximate surface area is 109 Å². The fourth-order valence-electron chi connectivity index (χ4n) is 1.98. The number of rotatable bonds is 1. The molecule has 1 saturated heterocycles. The predicted molar refractivity (Wildman–Crippen MR) is 66.8 cm³/mol. The van der Waals surface area contributed by atoms with Gasteiger partial charge in [0.25, 0.3) is 0 Å². The first-order valence-electron chi connectivity index (χ1n) is 5.25. The van der Waals surface area contributed by atoms with E-state index >= 15 is 0 Å². The van der Waals surface area contributed by atoms with Gasteiger partial charge in [-0.05, 0) is 17.7 Å². The SMILES string of the molecule is O=C(O)N1CCNCC1c1ccc(Cl)cc1Cl. The van der Waals surface area contributed by atoms with Gasteiger partial charge in [0.2, 0.25) is 0 Å². The second-order valence-electron chi connectivity index (χ2n) is 3.86. The normalized spacial score (nSPS) is 20.4. The quantitative estimate of drug-likeness (QED) is 0.828. The highest BCUT2D eigenvalue weighted by Crippen LogP contribution is 2.30. The molecule has 0 radical (unpaired) electrons. The highest BCUT2D eigenvalue weighted by atomic mass is 35.5. The predicted octanol–water partition coefficient (Wildman–Crippen LogP) is 2.62. The molecule has 6 heteroatoms. The van der Waals surface area contributed by atoms with Crippen LogP contribution < -0.4 is 5.32 Å². The third-order valence-corrected chi connectivity index (χ3v) is 3.37. The first-order chi connectivity index (χ1) is 8.09. The molecule has 2 rings (SSSR count). The van der Waals surface area contributed by atoms with Gasteiger partial charge in [0, 0.05) is 29.7 Å². The third kappa shape index (κ3) is 2.65. The number of nitrogens with one attached hydrogen (secondary N) is 1. The molecule has 0 spiro atoms. The summed E-state index contributed by atoms with van der Waals surface area (Å²) in [5.74, 6) is 0. The topological polar surface area (TPSA) is 52.6 Å². The van der Waals surface area contributed by atoms with Crippen LogP contribution in [0.25, 0.3) is 0 Å². The molecular weight excluding hydrogens is 263 g/mol. The first kappa shape index (κ1) is 12.5. The summed E-state index contributed by atoms with van der Waals surface area (Å²) in [5, 5.41) is 13.4. The number of benzene rings is 1. The van der Waals surface area contributed by atoms with E-state index < -0.39 is 6.09 Å². The van der Waals surface area contributed by atoms with Gasteiger partial charge < -0.3 is 10.4 Å². The lowest BCUT2D eigenvalue weighted by Gasteiger charge is -2.34. The molecule has 92 valence electrons. The van der Waals surface area contributed by atoms with Crippen LogP contribution in [0.4, 0.5) is 4.79 Å². The number of hydrogen-bond donors (Lipinski definition) is 2. The van der Waals surface area contributed by atoms with Crippen molar-refractivity contribution >= 4 is 29.3 Å². The van der Waals surface area contributed by atoms with Crippen LogP contribution >= 0.6 is 23.2 Å². The molecular formula is C11H12Cl2N2O2. The van der Waals surface area contributed by atoms with Crippen LogP contribution in [-0.2, 0) is 0 Å². The van der Waals surface area contributed by atoms with Crippen molar-refractivity contribution in [3.63, 3.8) is 0 Å². The van der Waals surface area contributed by atoms with Gasteiger partial charge in [0.15, 0.2) is 0 Å². The minimum absolute atomic E-state index is 0.258. The number of piperazine rings is 1. The molecule has 0 bridgehead atoms. The molecule has 1 amide bonds. The van der Waals surface area contributed by atoms with Gasteiger partial charge in [0.1, 0.15) is 0 Å². The van der Waals surface area contributed by atoms with Crippen LogP contribution in [0.3, 0.4) is 0 Å². The van der Waals surface area contributed by atoms with Gasteiger partial charge in [0.05, 0.1) is 6.04 Å². The molecule has 1 aromatic carbocycles. The summed E-state index contributed by atoms with van der Waals surface area (Å²) in [7, 11) is 0. The Morgan fingerprint density at radius 3 is 2.88 bits per heavy atom. The number of carboxylic acid groups (broad SMARTS) is 1. The van der Waals surface area contributed by atoms with E-state index in [9.17, 15) is 4.79 Å². The molecule has 0 saturated carbocycles. The molecule has 1 aliphatic heterocycles. The zero-order valence-electron chi connectivity index (χ0n) is 8.99. The van der Waals surface area contributed by atoms with Crippen LogP contribution in [0.5, 0.6) is 0 Å². The zero-order valence-corrected chi connectivity index (χ0v) is 10.5. The van der Waals surface area contributed by atoms with E-state index in [-0.39, 0.29) is 6.04 Å². The van der Waals surface area contributed by atoms with E-state index in [4.69, 9.17) is 28.3 Å². The van der Waals surface area contributed by atoms with Crippen molar-refractivity contribution in [2.24, 2.45) is 0 Å². The summed E-state index contributed by atoms with van der Waals surface area (Å²) in [6.45, 7) is 1.68. The highest BCUT2D eigenvalue weighted by molar-refractivity contribution is 6.35. The maximum atomic E-state index is 11.1. The van der Waals surface area contributed by atoms with Crippen LogP contribution in [0.1, 0.15) is 11.6 Å². The molecule has 1 unspecified atom stereocenters. The fourth-order valence-corrected chi connectivity index (χ4v) is 2.52. The summed E-state index contributed by atoms with van der Waals surface area (Å²) >= 11 is 11.9. The molecule has 4 nitrogen and oxygen atoms in total. The van der Waals surface area contributed by atoms with E-state index in [1.165, 1.54) is 4.90 Å². The molecule has 2 N–H and O–H groups in total. The minimum atomic E-state index is -0.928. The fraction of sp³-hybridized carbons (Fsp3) is 0.364. The summed E-state index contributed by atoms with van der Waals surface area (Å²) < 4.78 is 0. The van der Waals surface area contributed by atoms with E-state index in [1.54, 1.807) is 18.2 Å². The summed E-state index contributed by atoms with van der Waals surface area (Å²) in [5.41, 5.74) is 0.783. The van der Waals surface area contributed by atoms with Crippen LogP contribution in [0.15, 0.2) is 18.2 Å². The molecule has 0 aliphatic carbocycles. The minimum Gasteiger partial charge on any atom is -0.465 e. The van der Waals surface area contributed by atoms with Crippen molar-refractivity contribution in [3.05, 3.63) is 33.8 Å². The van der Waals surface area contributed by atoms with E-state index in [1.807, 2.05) is 0 Å². The maximum Gasteiger partial charge on any atom is 0.407 e. The number of nitrogens with zero attached hydrogens (tertiary/aromatic N) is 1. The Balaban J connectivity index is 2.32. The van der Waals surface area contributed by atoms with Crippen molar-refractivity contribution in [2.75, 3.05) is 19.6 Å². The monoisotopic (exact) mass is 274 g/mol. The smallest absolute Gasteiger partial charge is 0.407 e. The van der Waals surface area contributed by atoms with Crippen molar-refractivity contribution < 1.29 is 9.90 Å². The Bertz CT molecular complexity index is 439.